The van der Waals surface area contributed by atoms with Gasteiger partial charge in [0.2, 0.25) is 0 Å². The highest BCUT2D eigenvalue weighted by Gasteiger charge is 2.19. The molecule has 0 atom stereocenters. The average Bonchev–Trinajstić information content (AvgIpc) is 3.00. The summed E-state index contributed by atoms with van der Waals surface area (Å²) < 4.78 is 1.76. The second-order valence-corrected chi connectivity index (χ2v) is 6.12. The number of aromatic nitrogens is 3. The van der Waals surface area contributed by atoms with E-state index in [1.165, 1.54) is 32.1 Å². The maximum Gasteiger partial charge on any atom is 0.154 e. The first-order chi connectivity index (χ1) is 11.3. The zero-order valence-electron chi connectivity index (χ0n) is 12.9. The monoisotopic (exact) mass is 308 g/mol. The number of imidazole rings is 1. The Morgan fingerprint density at radius 3 is 2.83 bits per heavy atom. The fraction of sp³-hybridized carbons (Fsp3) is 0.333. The van der Waals surface area contributed by atoms with Gasteiger partial charge in [0.15, 0.2) is 5.65 Å². The quantitative estimate of drug-likeness (QED) is 0.771. The van der Waals surface area contributed by atoms with E-state index in [2.05, 4.69) is 15.4 Å². The molecule has 2 heterocycles. The van der Waals surface area contributed by atoms with E-state index in [0.717, 1.165) is 22.6 Å². The second-order valence-electron chi connectivity index (χ2n) is 6.12. The highest BCUT2D eigenvalue weighted by molar-refractivity contribution is 5.82. The lowest BCUT2D eigenvalue weighted by molar-refractivity contribution is 0.461. The molecule has 0 radical (unpaired) electrons. The molecule has 4 rings (SSSR count). The van der Waals surface area contributed by atoms with Crippen LogP contribution in [0.2, 0.25) is 0 Å². The lowest BCUT2D eigenvalue weighted by Crippen LogP contribution is -2.22. The normalized spacial score (nSPS) is 15.8. The maximum absolute atomic E-state index is 10.4. The van der Waals surface area contributed by atoms with Gasteiger partial charge < -0.3 is 10.4 Å². The number of fused-ring (bicyclic) bond motifs is 1. The van der Waals surface area contributed by atoms with Gasteiger partial charge in [-0.25, -0.2) is 9.50 Å². The molecule has 23 heavy (non-hydrogen) atoms. The zero-order chi connectivity index (χ0) is 15.6. The number of phenolic OH excluding ortho intramolecular Hbond substituents is 1. The molecule has 0 aliphatic heterocycles. The van der Waals surface area contributed by atoms with E-state index in [1.807, 2.05) is 24.3 Å². The van der Waals surface area contributed by atoms with Gasteiger partial charge in [0, 0.05) is 17.9 Å². The summed E-state index contributed by atoms with van der Waals surface area (Å²) in [6.07, 6.45) is 9.71. The molecule has 1 aliphatic carbocycles. The zero-order valence-corrected chi connectivity index (χ0v) is 12.9. The molecular formula is C18H20N4O. The summed E-state index contributed by atoms with van der Waals surface area (Å²) in [6.45, 7) is 0. The Labute approximate surface area is 135 Å². The molecule has 5 nitrogen and oxygen atoms in total. The summed E-state index contributed by atoms with van der Waals surface area (Å²) in [7, 11) is 0. The number of benzene rings is 1. The van der Waals surface area contributed by atoms with Crippen molar-refractivity contribution < 1.29 is 5.11 Å². The molecule has 0 amide bonds. The smallest absolute Gasteiger partial charge is 0.154 e. The molecular weight excluding hydrogens is 288 g/mol. The molecule has 0 saturated heterocycles. The highest BCUT2D eigenvalue weighted by Crippen LogP contribution is 2.37. The van der Waals surface area contributed by atoms with Crippen molar-refractivity contribution >= 4 is 11.3 Å². The van der Waals surface area contributed by atoms with Gasteiger partial charge >= 0.3 is 0 Å². The molecule has 1 fully saturated rings. The van der Waals surface area contributed by atoms with Crippen LogP contribution in [0.3, 0.4) is 0 Å². The third kappa shape index (κ3) is 2.63. The Hall–Kier alpha value is -2.56. The number of anilines is 1. The van der Waals surface area contributed by atoms with E-state index < -0.39 is 0 Å². The van der Waals surface area contributed by atoms with Gasteiger partial charge in [-0.3, -0.25) is 0 Å². The van der Waals surface area contributed by atoms with Crippen LogP contribution in [0.25, 0.3) is 16.9 Å². The van der Waals surface area contributed by atoms with Crippen molar-refractivity contribution in [3.8, 4) is 17.0 Å². The van der Waals surface area contributed by atoms with Crippen LogP contribution in [-0.2, 0) is 0 Å². The van der Waals surface area contributed by atoms with Crippen LogP contribution in [0.1, 0.15) is 32.1 Å². The fourth-order valence-corrected chi connectivity index (χ4v) is 3.40. The SMILES string of the molecule is Oc1cccc(NC2CCCCC2)c1-c1cnc2cccnn12. The Kier molecular flexibility index (Phi) is 3.61. The van der Waals surface area contributed by atoms with Gasteiger partial charge in [-0.15, -0.1) is 0 Å². The minimum Gasteiger partial charge on any atom is -0.507 e. The van der Waals surface area contributed by atoms with E-state index in [0.29, 0.717) is 6.04 Å². The van der Waals surface area contributed by atoms with E-state index in [4.69, 9.17) is 0 Å². The first-order valence-corrected chi connectivity index (χ1v) is 8.20. The van der Waals surface area contributed by atoms with Crippen LogP contribution in [0, 0.1) is 0 Å². The minimum absolute atomic E-state index is 0.248. The number of hydrogen-bond acceptors (Lipinski definition) is 4. The predicted octanol–water partition coefficient (Wildman–Crippen LogP) is 3.85. The van der Waals surface area contributed by atoms with Crippen molar-refractivity contribution in [3.05, 3.63) is 42.7 Å². The summed E-state index contributed by atoms with van der Waals surface area (Å²) in [5, 5.41) is 18.4. The van der Waals surface area contributed by atoms with E-state index in [9.17, 15) is 5.11 Å². The molecule has 1 aliphatic rings. The third-order valence-corrected chi connectivity index (χ3v) is 4.54. The van der Waals surface area contributed by atoms with Gasteiger partial charge in [0.05, 0.1) is 17.5 Å². The molecule has 5 heteroatoms. The molecule has 1 aromatic carbocycles. The van der Waals surface area contributed by atoms with Crippen LogP contribution < -0.4 is 5.32 Å². The summed E-state index contributed by atoms with van der Waals surface area (Å²) >= 11 is 0. The number of hydrogen-bond donors (Lipinski definition) is 2. The van der Waals surface area contributed by atoms with Crippen LogP contribution in [0.15, 0.2) is 42.7 Å². The summed E-state index contributed by atoms with van der Waals surface area (Å²) in [5.74, 6) is 0.248. The number of nitrogens with zero attached hydrogens (tertiary/aromatic N) is 3. The second kappa shape index (κ2) is 5.91. The molecule has 118 valence electrons. The van der Waals surface area contributed by atoms with Gasteiger partial charge in [-0.2, -0.15) is 5.10 Å². The molecule has 0 unspecified atom stereocenters. The Bertz CT molecular complexity index is 821. The van der Waals surface area contributed by atoms with Crippen molar-refractivity contribution in [2.75, 3.05) is 5.32 Å². The highest BCUT2D eigenvalue weighted by atomic mass is 16.3. The summed E-state index contributed by atoms with van der Waals surface area (Å²) in [6, 6.07) is 9.84. The van der Waals surface area contributed by atoms with Crippen LogP contribution >= 0.6 is 0 Å². The molecule has 2 aromatic heterocycles. The van der Waals surface area contributed by atoms with Crippen LogP contribution in [0.4, 0.5) is 5.69 Å². The average molecular weight is 308 g/mol. The molecule has 1 saturated carbocycles. The molecule has 2 N–H and O–H groups in total. The van der Waals surface area contributed by atoms with Gasteiger partial charge in [-0.05, 0) is 37.1 Å². The van der Waals surface area contributed by atoms with Crippen molar-refractivity contribution in [1.29, 1.82) is 0 Å². The van der Waals surface area contributed by atoms with Gasteiger partial charge in [0.25, 0.3) is 0 Å². The largest absolute Gasteiger partial charge is 0.507 e. The van der Waals surface area contributed by atoms with E-state index >= 15 is 0 Å². The van der Waals surface area contributed by atoms with Gasteiger partial charge in [-0.1, -0.05) is 25.3 Å². The van der Waals surface area contributed by atoms with Crippen LogP contribution in [-0.4, -0.2) is 25.7 Å². The number of aromatic hydroxyl groups is 1. The van der Waals surface area contributed by atoms with Crippen molar-refractivity contribution in [3.63, 3.8) is 0 Å². The number of rotatable bonds is 3. The molecule has 3 aromatic rings. The lowest BCUT2D eigenvalue weighted by atomic mass is 9.95. The Morgan fingerprint density at radius 2 is 1.96 bits per heavy atom. The van der Waals surface area contributed by atoms with E-state index in [-0.39, 0.29) is 5.75 Å². The molecule has 0 bridgehead atoms. The fourth-order valence-electron chi connectivity index (χ4n) is 3.40. The minimum atomic E-state index is 0.248. The summed E-state index contributed by atoms with van der Waals surface area (Å²) in [5.41, 5.74) is 3.29. The van der Waals surface area contributed by atoms with E-state index in [1.54, 1.807) is 23.0 Å². The third-order valence-electron chi connectivity index (χ3n) is 4.54. The lowest BCUT2D eigenvalue weighted by Gasteiger charge is -2.25. The van der Waals surface area contributed by atoms with Gasteiger partial charge in [0.1, 0.15) is 5.75 Å². The Balaban J connectivity index is 1.78. The number of phenols is 1. The predicted molar refractivity (Wildman–Crippen MR) is 90.6 cm³/mol. The Morgan fingerprint density at radius 1 is 1.09 bits per heavy atom. The maximum atomic E-state index is 10.4. The first kappa shape index (κ1) is 14.1. The van der Waals surface area contributed by atoms with Crippen molar-refractivity contribution in [2.24, 2.45) is 0 Å². The molecule has 0 spiro atoms. The van der Waals surface area contributed by atoms with Crippen LogP contribution in [0.5, 0.6) is 5.75 Å². The van der Waals surface area contributed by atoms with Crippen molar-refractivity contribution in [2.45, 2.75) is 38.1 Å². The standard InChI is InChI=1S/C18H20N4O/c23-16-9-4-8-14(21-13-6-2-1-3-7-13)18(16)15-12-19-17-10-5-11-20-22(15)17/h4-5,8-13,21,23H,1-3,6-7H2. The van der Waals surface area contributed by atoms with Crippen molar-refractivity contribution in [1.82, 2.24) is 14.6 Å². The summed E-state index contributed by atoms with van der Waals surface area (Å²) in [4.78, 5) is 4.39. The number of nitrogens with one attached hydrogen (secondary N) is 1. The topological polar surface area (TPSA) is 62.5 Å². The first-order valence-electron chi connectivity index (χ1n) is 8.20.